The second kappa shape index (κ2) is 3.75. The predicted molar refractivity (Wildman–Crippen MR) is 58.6 cm³/mol. The molecule has 0 aliphatic carbocycles. The molecule has 0 saturated carbocycles. The summed E-state index contributed by atoms with van der Waals surface area (Å²) in [5.74, 6) is 0. The van der Waals surface area contributed by atoms with Gasteiger partial charge in [-0.3, -0.25) is 0 Å². The molecule has 0 amide bonds. The largest absolute Gasteiger partial charge is 0.314 e. The second-order valence-electron chi connectivity index (χ2n) is 4.40. The van der Waals surface area contributed by atoms with Crippen molar-refractivity contribution in [3.63, 3.8) is 0 Å². The monoisotopic (exact) mass is 193 g/mol. The highest BCUT2D eigenvalue weighted by Crippen LogP contribution is 2.22. The lowest BCUT2D eigenvalue weighted by atomic mass is 10.0. The highest BCUT2D eigenvalue weighted by atomic mass is 15.6. The Balaban J connectivity index is 2.08. The van der Waals surface area contributed by atoms with Crippen LogP contribution < -0.4 is 5.32 Å². The maximum atomic E-state index is 3.37. The Morgan fingerprint density at radius 1 is 1.14 bits per heavy atom. The Morgan fingerprint density at radius 2 is 1.86 bits per heavy atom. The summed E-state index contributed by atoms with van der Waals surface area (Å²) in [5, 5.41) is 8.13. The Hall–Kier alpha value is -0.800. The van der Waals surface area contributed by atoms with E-state index < -0.39 is 0 Å². The predicted octanol–water partition coefficient (Wildman–Crippen LogP) is 0.971. The van der Waals surface area contributed by atoms with Crippen molar-refractivity contribution in [2.45, 2.75) is 19.4 Å². The molecule has 0 aromatic carbocycles. The molecule has 0 aromatic rings. The molecule has 1 fully saturated rings. The van der Waals surface area contributed by atoms with Crippen molar-refractivity contribution in [1.82, 2.24) is 15.3 Å². The van der Waals surface area contributed by atoms with E-state index in [-0.39, 0.29) is 5.54 Å². The Bertz CT molecular complexity index is 249. The zero-order valence-electron chi connectivity index (χ0n) is 9.03. The third-order valence-corrected chi connectivity index (χ3v) is 2.83. The molecule has 1 saturated heterocycles. The van der Waals surface area contributed by atoms with Gasteiger partial charge in [0.05, 0.1) is 5.54 Å². The molecular formula is C11H19N3. The van der Waals surface area contributed by atoms with Crippen LogP contribution >= 0.6 is 0 Å². The van der Waals surface area contributed by atoms with Gasteiger partial charge in [-0.25, -0.2) is 5.01 Å². The minimum atomic E-state index is 0.117. The fourth-order valence-corrected chi connectivity index (χ4v) is 2.02. The first-order valence-corrected chi connectivity index (χ1v) is 5.31. The smallest absolute Gasteiger partial charge is 0.0685 e. The molecular weight excluding hydrogens is 174 g/mol. The molecule has 0 atom stereocenters. The van der Waals surface area contributed by atoms with Crippen LogP contribution in [0.2, 0.25) is 0 Å². The first-order chi connectivity index (χ1) is 6.70. The third kappa shape index (κ3) is 1.83. The van der Waals surface area contributed by atoms with E-state index in [0.29, 0.717) is 0 Å². The summed E-state index contributed by atoms with van der Waals surface area (Å²) >= 11 is 0. The van der Waals surface area contributed by atoms with E-state index in [9.17, 15) is 0 Å². The van der Waals surface area contributed by atoms with Crippen LogP contribution in [0.5, 0.6) is 0 Å². The van der Waals surface area contributed by atoms with Gasteiger partial charge in [-0.2, -0.15) is 0 Å². The van der Waals surface area contributed by atoms with Gasteiger partial charge in [0, 0.05) is 32.4 Å². The molecule has 3 heteroatoms. The maximum Gasteiger partial charge on any atom is 0.0685 e. The van der Waals surface area contributed by atoms with E-state index in [2.05, 4.69) is 53.6 Å². The van der Waals surface area contributed by atoms with Crippen LogP contribution in [0.25, 0.3) is 0 Å². The average molecular weight is 193 g/mol. The van der Waals surface area contributed by atoms with E-state index in [4.69, 9.17) is 0 Å². The molecule has 0 radical (unpaired) electrons. The molecule has 2 aliphatic rings. The number of hydrogen-bond acceptors (Lipinski definition) is 3. The molecule has 3 nitrogen and oxygen atoms in total. The summed E-state index contributed by atoms with van der Waals surface area (Å²) in [6, 6.07) is 0. The molecule has 0 bridgehead atoms. The first kappa shape index (κ1) is 9.74. The van der Waals surface area contributed by atoms with Crippen molar-refractivity contribution in [2.24, 2.45) is 0 Å². The zero-order chi connectivity index (χ0) is 10.0. The third-order valence-electron chi connectivity index (χ3n) is 2.83. The van der Waals surface area contributed by atoms with Crippen molar-refractivity contribution >= 4 is 0 Å². The fourth-order valence-electron chi connectivity index (χ4n) is 2.02. The SMILES string of the molecule is CC1(C)C=CC=CN1N1CCNCC1. The van der Waals surface area contributed by atoms with Gasteiger partial charge < -0.3 is 10.3 Å². The van der Waals surface area contributed by atoms with E-state index in [0.717, 1.165) is 26.2 Å². The zero-order valence-corrected chi connectivity index (χ0v) is 9.03. The van der Waals surface area contributed by atoms with Gasteiger partial charge in [0.1, 0.15) is 0 Å². The summed E-state index contributed by atoms with van der Waals surface area (Å²) < 4.78 is 0. The van der Waals surface area contributed by atoms with Gasteiger partial charge in [-0.05, 0) is 19.9 Å². The molecule has 0 aromatic heterocycles. The Labute approximate surface area is 86.0 Å². The van der Waals surface area contributed by atoms with Gasteiger partial charge in [-0.15, -0.1) is 0 Å². The molecule has 2 heterocycles. The Morgan fingerprint density at radius 3 is 2.50 bits per heavy atom. The van der Waals surface area contributed by atoms with E-state index in [1.54, 1.807) is 0 Å². The van der Waals surface area contributed by atoms with Gasteiger partial charge in [-0.1, -0.05) is 12.2 Å². The molecule has 0 spiro atoms. The van der Waals surface area contributed by atoms with E-state index in [1.165, 1.54) is 0 Å². The number of allylic oxidation sites excluding steroid dienone is 2. The first-order valence-electron chi connectivity index (χ1n) is 5.31. The number of hydrogen-bond donors (Lipinski definition) is 1. The van der Waals surface area contributed by atoms with Crippen LogP contribution in [0.3, 0.4) is 0 Å². The highest BCUT2D eigenvalue weighted by molar-refractivity contribution is 5.17. The highest BCUT2D eigenvalue weighted by Gasteiger charge is 2.28. The summed E-state index contributed by atoms with van der Waals surface area (Å²) in [6.07, 6.45) is 8.65. The van der Waals surface area contributed by atoms with E-state index >= 15 is 0 Å². The second-order valence-corrected chi connectivity index (χ2v) is 4.40. The van der Waals surface area contributed by atoms with Gasteiger partial charge in [0.2, 0.25) is 0 Å². The van der Waals surface area contributed by atoms with Crippen molar-refractivity contribution in [2.75, 3.05) is 26.2 Å². The van der Waals surface area contributed by atoms with Gasteiger partial charge in [0.25, 0.3) is 0 Å². The van der Waals surface area contributed by atoms with E-state index in [1.807, 2.05) is 0 Å². The molecule has 2 rings (SSSR count). The number of rotatable bonds is 1. The summed E-state index contributed by atoms with van der Waals surface area (Å²) in [5.41, 5.74) is 0.117. The van der Waals surface area contributed by atoms with Gasteiger partial charge >= 0.3 is 0 Å². The van der Waals surface area contributed by atoms with Crippen molar-refractivity contribution in [3.8, 4) is 0 Å². The quantitative estimate of drug-likeness (QED) is 0.669. The lowest BCUT2D eigenvalue weighted by Gasteiger charge is -2.46. The lowest BCUT2D eigenvalue weighted by molar-refractivity contribution is -0.0437. The number of nitrogens with one attached hydrogen (secondary N) is 1. The van der Waals surface area contributed by atoms with Crippen LogP contribution in [0.15, 0.2) is 24.4 Å². The summed E-state index contributed by atoms with van der Waals surface area (Å²) in [6.45, 7) is 8.86. The lowest BCUT2D eigenvalue weighted by Crippen LogP contribution is -2.57. The molecule has 2 aliphatic heterocycles. The number of piperazine rings is 1. The standard InChI is InChI=1S/C11H19N3/c1-11(2)5-3-4-8-14(11)13-9-6-12-7-10-13/h3-5,8,12H,6-7,9-10H2,1-2H3. The molecule has 0 unspecified atom stereocenters. The van der Waals surface area contributed by atoms with Crippen molar-refractivity contribution in [1.29, 1.82) is 0 Å². The van der Waals surface area contributed by atoms with Gasteiger partial charge in [0.15, 0.2) is 0 Å². The number of hydrazine groups is 1. The van der Waals surface area contributed by atoms with Crippen LogP contribution in [0.1, 0.15) is 13.8 Å². The Kier molecular flexibility index (Phi) is 2.61. The maximum absolute atomic E-state index is 3.37. The average Bonchev–Trinajstić information content (AvgIpc) is 2.18. The fraction of sp³-hybridized carbons (Fsp3) is 0.636. The topological polar surface area (TPSA) is 18.5 Å². The van der Waals surface area contributed by atoms with Crippen LogP contribution in [0.4, 0.5) is 0 Å². The molecule has 78 valence electrons. The summed E-state index contributed by atoms with van der Waals surface area (Å²) in [7, 11) is 0. The van der Waals surface area contributed by atoms with Crippen LogP contribution in [-0.4, -0.2) is 41.7 Å². The number of nitrogens with zero attached hydrogens (tertiary/aromatic N) is 2. The minimum absolute atomic E-state index is 0.117. The molecule has 14 heavy (non-hydrogen) atoms. The van der Waals surface area contributed by atoms with Crippen molar-refractivity contribution < 1.29 is 0 Å². The summed E-state index contributed by atoms with van der Waals surface area (Å²) in [4.78, 5) is 0. The minimum Gasteiger partial charge on any atom is -0.314 e. The van der Waals surface area contributed by atoms with Crippen LogP contribution in [0, 0.1) is 0 Å². The normalized spacial score (nSPS) is 26.9. The van der Waals surface area contributed by atoms with Crippen LogP contribution in [-0.2, 0) is 0 Å². The van der Waals surface area contributed by atoms with Crippen molar-refractivity contribution in [3.05, 3.63) is 24.4 Å². The molecule has 1 N–H and O–H groups in total.